The van der Waals surface area contributed by atoms with Crippen molar-refractivity contribution in [3.8, 4) is 0 Å². The molecule has 0 radical (unpaired) electrons. The second-order valence-electron chi connectivity index (χ2n) is 5.27. The molecular formula is C14H16N2O3. The smallest absolute Gasteiger partial charge is 0.307 e. The SMILES string of the molecule is CC(C(=O)O)C1(c2ccc3c(c2)ncn3C)COC1. The van der Waals surface area contributed by atoms with Gasteiger partial charge in [0.1, 0.15) is 0 Å². The molecule has 5 nitrogen and oxygen atoms in total. The molecule has 3 rings (SSSR count). The van der Waals surface area contributed by atoms with E-state index in [1.807, 2.05) is 29.8 Å². The Labute approximate surface area is 110 Å². The van der Waals surface area contributed by atoms with E-state index in [1.54, 1.807) is 13.3 Å². The number of nitrogens with zero attached hydrogens (tertiary/aromatic N) is 2. The standard InChI is InChI=1S/C14H16N2O3/c1-9(13(17)18)14(6-19-7-14)10-3-4-12-11(5-10)15-8-16(12)2/h3-5,8-9H,6-7H2,1-2H3,(H,17,18). The molecule has 0 saturated carbocycles. The van der Waals surface area contributed by atoms with Crippen LogP contribution >= 0.6 is 0 Å². The highest BCUT2D eigenvalue weighted by Gasteiger charge is 2.48. The van der Waals surface area contributed by atoms with E-state index in [0.717, 1.165) is 16.6 Å². The highest BCUT2D eigenvalue weighted by Crippen LogP contribution is 2.40. The Balaban J connectivity index is 2.09. The van der Waals surface area contributed by atoms with Crippen LogP contribution in [0.2, 0.25) is 0 Å². The first-order valence-corrected chi connectivity index (χ1v) is 6.27. The van der Waals surface area contributed by atoms with Gasteiger partial charge in [-0.3, -0.25) is 4.79 Å². The summed E-state index contributed by atoms with van der Waals surface area (Å²) in [6.07, 6.45) is 1.76. The summed E-state index contributed by atoms with van der Waals surface area (Å²) in [5, 5.41) is 9.29. The van der Waals surface area contributed by atoms with Crippen molar-refractivity contribution in [3.63, 3.8) is 0 Å². The van der Waals surface area contributed by atoms with Gasteiger partial charge in [-0.25, -0.2) is 4.98 Å². The first-order chi connectivity index (χ1) is 9.04. The summed E-state index contributed by atoms with van der Waals surface area (Å²) in [6.45, 7) is 2.66. The van der Waals surface area contributed by atoms with E-state index < -0.39 is 17.3 Å². The average Bonchev–Trinajstić information content (AvgIpc) is 2.69. The van der Waals surface area contributed by atoms with Gasteiger partial charge in [-0.15, -0.1) is 0 Å². The summed E-state index contributed by atoms with van der Waals surface area (Å²) in [7, 11) is 1.94. The van der Waals surface area contributed by atoms with Gasteiger partial charge in [0.25, 0.3) is 0 Å². The van der Waals surface area contributed by atoms with Crippen LogP contribution in [0.5, 0.6) is 0 Å². The number of aliphatic carboxylic acids is 1. The maximum atomic E-state index is 11.3. The number of aromatic nitrogens is 2. The van der Waals surface area contributed by atoms with Crippen LogP contribution in [0.4, 0.5) is 0 Å². The minimum absolute atomic E-state index is 0.419. The predicted octanol–water partition coefficient (Wildman–Crippen LogP) is 1.56. The summed E-state index contributed by atoms with van der Waals surface area (Å²) in [6, 6.07) is 5.97. The van der Waals surface area contributed by atoms with Crippen LogP contribution in [0.1, 0.15) is 12.5 Å². The quantitative estimate of drug-likeness (QED) is 0.909. The number of aryl methyl sites for hydroxylation is 1. The summed E-state index contributed by atoms with van der Waals surface area (Å²) in [4.78, 5) is 15.6. The van der Waals surface area contributed by atoms with E-state index in [4.69, 9.17) is 4.74 Å². The fraction of sp³-hybridized carbons (Fsp3) is 0.429. The number of benzene rings is 1. The van der Waals surface area contributed by atoms with Gasteiger partial charge < -0.3 is 14.4 Å². The Bertz CT molecular complexity index is 643. The summed E-state index contributed by atoms with van der Waals surface area (Å²) < 4.78 is 7.24. The fourth-order valence-electron chi connectivity index (χ4n) is 2.67. The van der Waals surface area contributed by atoms with Crippen molar-refractivity contribution in [2.75, 3.05) is 13.2 Å². The van der Waals surface area contributed by atoms with Crippen LogP contribution in [-0.4, -0.2) is 33.8 Å². The van der Waals surface area contributed by atoms with Gasteiger partial charge in [0.15, 0.2) is 0 Å². The fourth-order valence-corrected chi connectivity index (χ4v) is 2.67. The van der Waals surface area contributed by atoms with E-state index in [1.165, 1.54) is 0 Å². The number of hydrogen-bond donors (Lipinski definition) is 1. The average molecular weight is 260 g/mol. The second-order valence-corrected chi connectivity index (χ2v) is 5.27. The zero-order valence-electron chi connectivity index (χ0n) is 11.0. The van der Waals surface area contributed by atoms with E-state index in [9.17, 15) is 9.90 Å². The van der Waals surface area contributed by atoms with Gasteiger partial charge in [-0.1, -0.05) is 13.0 Å². The van der Waals surface area contributed by atoms with Crippen LogP contribution in [0, 0.1) is 5.92 Å². The second kappa shape index (κ2) is 4.06. The Morgan fingerprint density at radius 3 is 2.84 bits per heavy atom. The molecule has 1 aromatic heterocycles. The number of hydrogen-bond acceptors (Lipinski definition) is 3. The Morgan fingerprint density at radius 2 is 2.26 bits per heavy atom. The zero-order chi connectivity index (χ0) is 13.6. The molecule has 2 aromatic rings. The van der Waals surface area contributed by atoms with Crippen molar-refractivity contribution in [2.45, 2.75) is 12.3 Å². The molecule has 1 aliphatic heterocycles. The summed E-state index contributed by atoms with van der Waals surface area (Å²) >= 11 is 0. The number of ether oxygens (including phenoxy) is 1. The van der Waals surface area contributed by atoms with Crippen molar-refractivity contribution in [3.05, 3.63) is 30.1 Å². The van der Waals surface area contributed by atoms with E-state index in [0.29, 0.717) is 13.2 Å². The summed E-state index contributed by atoms with van der Waals surface area (Å²) in [5.41, 5.74) is 2.52. The van der Waals surface area contributed by atoms with Gasteiger partial charge in [0.2, 0.25) is 0 Å². The molecule has 1 saturated heterocycles. The van der Waals surface area contributed by atoms with E-state index in [2.05, 4.69) is 4.98 Å². The molecule has 1 aromatic carbocycles. The molecule has 1 fully saturated rings. The molecule has 1 unspecified atom stereocenters. The van der Waals surface area contributed by atoms with Crippen molar-refractivity contribution >= 4 is 17.0 Å². The molecular weight excluding hydrogens is 244 g/mol. The van der Waals surface area contributed by atoms with Gasteiger partial charge >= 0.3 is 5.97 Å². The predicted molar refractivity (Wildman–Crippen MR) is 70.0 cm³/mol. The Morgan fingerprint density at radius 1 is 1.53 bits per heavy atom. The van der Waals surface area contributed by atoms with Crippen molar-refractivity contribution in [1.29, 1.82) is 0 Å². The normalized spacial score (nSPS) is 19.1. The van der Waals surface area contributed by atoms with Crippen LogP contribution in [0.3, 0.4) is 0 Å². The maximum absolute atomic E-state index is 11.3. The molecule has 0 spiro atoms. The largest absolute Gasteiger partial charge is 0.481 e. The number of fused-ring (bicyclic) bond motifs is 1. The third-order valence-electron chi connectivity index (χ3n) is 4.22. The molecule has 0 amide bonds. The highest BCUT2D eigenvalue weighted by molar-refractivity contribution is 5.78. The first kappa shape index (κ1) is 12.2. The topological polar surface area (TPSA) is 64.3 Å². The number of carboxylic acids is 1. The third kappa shape index (κ3) is 1.65. The number of imidazole rings is 1. The monoisotopic (exact) mass is 260 g/mol. The van der Waals surface area contributed by atoms with Crippen LogP contribution < -0.4 is 0 Å². The van der Waals surface area contributed by atoms with Crippen LogP contribution in [0.15, 0.2) is 24.5 Å². The zero-order valence-corrected chi connectivity index (χ0v) is 11.0. The molecule has 19 heavy (non-hydrogen) atoms. The lowest BCUT2D eigenvalue weighted by molar-refractivity contribution is -0.155. The maximum Gasteiger partial charge on any atom is 0.307 e. The van der Waals surface area contributed by atoms with E-state index in [-0.39, 0.29) is 0 Å². The van der Waals surface area contributed by atoms with Crippen LogP contribution in [0.25, 0.3) is 11.0 Å². The molecule has 1 atom stereocenters. The minimum Gasteiger partial charge on any atom is -0.481 e. The van der Waals surface area contributed by atoms with Gasteiger partial charge in [0, 0.05) is 7.05 Å². The number of carbonyl (C=O) groups is 1. The first-order valence-electron chi connectivity index (χ1n) is 6.27. The van der Waals surface area contributed by atoms with Gasteiger partial charge in [-0.05, 0) is 17.7 Å². The van der Waals surface area contributed by atoms with Gasteiger partial charge in [0.05, 0.1) is 41.9 Å². The van der Waals surface area contributed by atoms with Gasteiger partial charge in [-0.2, -0.15) is 0 Å². The Hall–Kier alpha value is -1.88. The molecule has 100 valence electrons. The van der Waals surface area contributed by atoms with Crippen LogP contribution in [-0.2, 0) is 22.0 Å². The Kier molecular flexibility index (Phi) is 2.60. The minimum atomic E-state index is -0.788. The lowest BCUT2D eigenvalue weighted by atomic mass is 9.69. The molecule has 0 bridgehead atoms. The molecule has 1 aliphatic rings. The molecule has 0 aliphatic carbocycles. The summed E-state index contributed by atoms with van der Waals surface area (Å²) in [5.74, 6) is -1.26. The third-order valence-corrected chi connectivity index (χ3v) is 4.22. The molecule has 2 heterocycles. The van der Waals surface area contributed by atoms with Crippen molar-refractivity contribution in [2.24, 2.45) is 13.0 Å². The van der Waals surface area contributed by atoms with E-state index >= 15 is 0 Å². The molecule has 1 N–H and O–H groups in total. The molecule has 5 heteroatoms. The van der Waals surface area contributed by atoms with Crippen molar-refractivity contribution in [1.82, 2.24) is 9.55 Å². The highest BCUT2D eigenvalue weighted by atomic mass is 16.5. The number of carboxylic acid groups (broad SMARTS) is 1. The lowest BCUT2D eigenvalue weighted by Gasteiger charge is -2.44. The lowest BCUT2D eigenvalue weighted by Crippen LogP contribution is -2.53. The van der Waals surface area contributed by atoms with Crippen molar-refractivity contribution < 1.29 is 14.6 Å². The number of rotatable bonds is 3.